The Morgan fingerprint density at radius 2 is 2.15 bits per heavy atom. The first kappa shape index (κ1) is 19.9. The number of ether oxygens (including phenoxy) is 2. The molecule has 2 aromatic rings. The van der Waals surface area contributed by atoms with Crippen LogP contribution in [0.4, 0.5) is 0 Å². The molecule has 2 atom stereocenters. The zero-order chi connectivity index (χ0) is 19.1. The molecular formula is C19H24O7. The van der Waals surface area contributed by atoms with Crippen molar-refractivity contribution >= 4 is 16.9 Å². The monoisotopic (exact) mass is 364 g/mol. The number of carboxylic acid groups (broad SMARTS) is 1. The molecule has 0 saturated carbocycles. The Labute approximate surface area is 151 Å². The highest BCUT2D eigenvalue weighted by atomic mass is 16.5. The van der Waals surface area contributed by atoms with Crippen molar-refractivity contribution < 1.29 is 28.9 Å². The van der Waals surface area contributed by atoms with Crippen LogP contribution < -0.4 is 10.4 Å². The largest absolute Gasteiger partial charge is 0.490 e. The molecule has 3 rings (SSSR count). The number of hydrogen-bond acceptors (Lipinski definition) is 6. The SMILES string of the molecule is CCCCC(O)C1CCO1.COc1cc2c(C(=O)O)cccc2oc1=O. The molecule has 1 saturated heterocycles. The van der Waals surface area contributed by atoms with Crippen molar-refractivity contribution in [1.82, 2.24) is 0 Å². The van der Waals surface area contributed by atoms with E-state index in [2.05, 4.69) is 6.92 Å². The van der Waals surface area contributed by atoms with Gasteiger partial charge in [0.1, 0.15) is 5.58 Å². The van der Waals surface area contributed by atoms with E-state index in [0.717, 1.165) is 32.3 Å². The maximum Gasteiger partial charge on any atom is 0.379 e. The summed E-state index contributed by atoms with van der Waals surface area (Å²) < 4.78 is 14.9. The van der Waals surface area contributed by atoms with Gasteiger partial charge in [0.05, 0.1) is 24.9 Å². The number of aliphatic hydroxyl groups is 1. The van der Waals surface area contributed by atoms with Gasteiger partial charge in [-0.05, 0) is 31.0 Å². The van der Waals surface area contributed by atoms with Crippen LogP contribution in [0, 0.1) is 0 Å². The molecule has 0 spiro atoms. The first-order valence-corrected chi connectivity index (χ1v) is 8.61. The molecular weight excluding hydrogens is 340 g/mol. The summed E-state index contributed by atoms with van der Waals surface area (Å²) in [6.45, 7) is 2.97. The normalized spacial score (nSPS) is 17.0. The number of benzene rings is 1. The molecule has 1 aromatic carbocycles. The average Bonchev–Trinajstić information content (AvgIpc) is 2.57. The summed E-state index contributed by atoms with van der Waals surface area (Å²) in [5.74, 6) is -1.09. The van der Waals surface area contributed by atoms with Crippen molar-refractivity contribution in [2.75, 3.05) is 13.7 Å². The fourth-order valence-corrected chi connectivity index (χ4v) is 2.61. The van der Waals surface area contributed by atoms with Crippen LogP contribution in [0.5, 0.6) is 5.75 Å². The van der Waals surface area contributed by atoms with Crippen LogP contribution in [0.3, 0.4) is 0 Å². The molecule has 0 amide bonds. The molecule has 26 heavy (non-hydrogen) atoms. The van der Waals surface area contributed by atoms with Crippen molar-refractivity contribution in [3.05, 3.63) is 40.2 Å². The zero-order valence-electron chi connectivity index (χ0n) is 14.9. The summed E-state index contributed by atoms with van der Waals surface area (Å²) >= 11 is 0. The van der Waals surface area contributed by atoms with Gasteiger partial charge in [-0.15, -0.1) is 0 Å². The predicted octanol–water partition coefficient (Wildman–Crippen LogP) is 2.83. The third-order valence-corrected chi connectivity index (χ3v) is 4.21. The molecule has 0 radical (unpaired) electrons. The molecule has 2 heterocycles. The van der Waals surface area contributed by atoms with E-state index in [0.29, 0.717) is 5.39 Å². The van der Waals surface area contributed by atoms with Gasteiger partial charge in [0.25, 0.3) is 0 Å². The van der Waals surface area contributed by atoms with Crippen LogP contribution >= 0.6 is 0 Å². The minimum Gasteiger partial charge on any atom is -0.490 e. The molecule has 142 valence electrons. The van der Waals surface area contributed by atoms with Gasteiger partial charge in [0, 0.05) is 12.0 Å². The summed E-state index contributed by atoms with van der Waals surface area (Å²) in [6, 6.07) is 5.85. The second-order valence-electron chi connectivity index (χ2n) is 6.03. The lowest BCUT2D eigenvalue weighted by Crippen LogP contribution is -2.38. The van der Waals surface area contributed by atoms with E-state index in [1.807, 2.05) is 0 Å². The highest BCUT2D eigenvalue weighted by Gasteiger charge is 2.25. The zero-order valence-corrected chi connectivity index (χ0v) is 14.9. The van der Waals surface area contributed by atoms with Crippen LogP contribution in [0.2, 0.25) is 0 Å². The van der Waals surface area contributed by atoms with Gasteiger partial charge in [0.2, 0.25) is 5.75 Å². The van der Waals surface area contributed by atoms with E-state index < -0.39 is 11.6 Å². The summed E-state index contributed by atoms with van der Waals surface area (Å²) in [5.41, 5.74) is -0.331. The van der Waals surface area contributed by atoms with Crippen LogP contribution in [-0.4, -0.2) is 42.1 Å². The van der Waals surface area contributed by atoms with Gasteiger partial charge in [0.15, 0.2) is 0 Å². The predicted molar refractivity (Wildman–Crippen MR) is 95.9 cm³/mol. The van der Waals surface area contributed by atoms with E-state index in [4.69, 9.17) is 19.0 Å². The Morgan fingerprint density at radius 1 is 1.42 bits per heavy atom. The molecule has 1 aliphatic rings. The topological polar surface area (TPSA) is 106 Å². The van der Waals surface area contributed by atoms with E-state index in [1.54, 1.807) is 0 Å². The Morgan fingerprint density at radius 3 is 2.69 bits per heavy atom. The quantitative estimate of drug-likeness (QED) is 0.759. The second-order valence-corrected chi connectivity index (χ2v) is 6.03. The van der Waals surface area contributed by atoms with Crippen molar-refractivity contribution in [2.24, 2.45) is 0 Å². The third kappa shape index (κ3) is 4.83. The Balaban J connectivity index is 0.000000209. The Hall–Kier alpha value is -2.38. The van der Waals surface area contributed by atoms with E-state index in [1.165, 1.54) is 31.4 Å². The minimum atomic E-state index is -1.08. The number of unbranched alkanes of at least 4 members (excludes halogenated alkanes) is 1. The summed E-state index contributed by atoms with van der Waals surface area (Å²) in [5, 5.41) is 18.7. The van der Waals surface area contributed by atoms with Gasteiger partial charge in [-0.2, -0.15) is 0 Å². The smallest absolute Gasteiger partial charge is 0.379 e. The van der Waals surface area contributed by atoms with E-state index >= 15 is 0 Å². The summed E-state index contributed by atoms with van der Waals surface area (Å²) in [4.78, 5) is 22.2. The van der Waals surface area contributed by atoms with Crippen molar-refractivity contribution in [3.63, 3.8) is 0 Å². The highest BCUT2D eigenvalue weighted by Crippen LogP contribution is 2.21. The third-order valence-electron chi connectivity index (χ3n) is 4.21. The number of carboxylic acids is 1. The van der Waals surface area contributed by atoms with Gasteiger partial charge in [-0.3, -0.25) is 0 Å². The molecule has 7 heteroatoms. The average molecular weight is 364 g/mol. The fraction of sp³-hybridized carbons (Fsp3) is 0.474. The number of rotatable bonds is 6. The van der Waals surface area contributed by atoms with E-state index in [-0.39, 0.29) is 29.1 Å². The van der Waals surface area contributed by atoms with Gasteiger partial charge >= 0.3 is 11.6 Å². The Bertz CT molecular complexity index is 792. The molecule has 1 aromatic heterocycles. The maximum absolute atomic E-state index is 11.3. The lowest BCUT2D eigenvalue weighted by atomic mass is 10.0. The first-order valence-electron chi connectivity index (χ1n) is 8.61. The van der Waals surface area contributed by atoms with Crippen LogP contribution in [0.25, 0.3) is 11.0 Å². The number of hydrogen-bond donors (Lipinski definition) is 2. The lowest BCUT2D eigenvalue weighted by molar-refractivity contribution is -0.118. The molecule has 1 fully saturated rings. The molecule has 0 aliphatic carbocycles. The molecule has 7 nitrogen and oxygen atoms in total. The van der Waals surface area contributed by atoms with Crippen molar-refractivity contribution in [3.8, 4) is 5.75 Å². The first-order chi connectivity index (χ1) is 12.5. The molecule has 0 bridgehead atoms. The number of carbonyl (C=O) groups is 1. The molecule has 1 aliphatic heterocycles. The number of aliphatic hydroxyl groups excluding tert-OH is 1. The van der Waals surface area contributed by atoms with Crippen LogP contribution in [0.1, 0.15) is 43.0 Å². The molecule has 2 N–H and O–H groups in total. The fourth-order valence-electron chi connectivity index (χ4n) is 2.61. The van der Waals surface area contributed by atoms with Gasteiger partial charge in [-0.1, -0.05) is 25.8 Å². The number of methoxy groups -OCH3 is 1. The minimum absolute atomic E-state index is 0.0128. The van der Waals surface area contributed by atoms with E-state index in [9.17, 15) is 14.7 Å². The molecule has 2 unspecified atom stereocenters. The highest BCUT2D eigenvalue weighted by molar-refractivity contribution is 6.02. The van der Waals surface area contributed by atoms with Crippen LogP contribution in [0.15, 0.2) is 33.5 Å². The summed E-state index contributed by atoms with van der Waals surface area (Å²) in [6.07, 6.45) is 4.18. The van der Waals surface area contributed by atoms with Crippen molar-refractivity contribution in [2.45, 2.75) is 44.8 Å². The van der Waals surface area contributed by atoms with Crippen LogP contribution in [-0.2, 0) is 4.74 Å². The maximum atomic E-state index is 11.3. The number of fused-ring (bicyclic) bond motifs is 1. The van der Waals surface area contributed by atoms with Crippen molar-refractivity contribution in [1.29, 1.82) is 0 Å². The lowest BCUT2D eigenvalue weighted by Gasteiger charge is -2.30. The standard InChI is InChI=1S/C11H8O5.C8H16O2/c1-15-9-5-7-6(10(12)13)3-2-4-8(7)16-11(9)14;1-2-3-4-7(9)8-5-6-10-8/h2-5H,1H3,(H,12,13);7-9H,2-6H2,1H3. The number of aromatic carboxylic acids is 1. The van der Waals surface area contributed by atoms with Gasteiger partial charge < -0.3 is 24.1 Å². The second kappa shape index (κ2) is 9.35. The van der Waals surface area contributed by atoms with Gasteiger partial charge in [-0.25, -0.2) is 9.59 Å². The Kier molecular flexibility index (Phi) is 7.17. The summed E-state index contributed by atoms with van der Waals surface area (Å²) in [7, 11) is 1.32.